The molecule has 1 aromatic heterocycles. The van der Waals surface area contributed by atoms with Crippen LogP contribution in [0.25, 0.3) is 0 Å². The van der Waals surface area contributed by atoms with E-state index in [1.165, 1.54) is 18.3 Å². The van der Waals surface area contributed by atoms with E-state index in [0.717, 1.165) is 11.1 Å². The molecule has 19 heavy (non-hydrogen) atoms. The molecule has 0 saturated heterocycles. The van der Waals surface area contributed by atoms with Crippen molar-refractivity contribution in [2.24, 2.45) is 5.14 Å². The Balaban J connectivity index is 2.27. The summed E-state index contributed by atoms with van der Waals surface area (Å²) in [7, 11) is -3.73. The lowest BCUT2D eigenvalue weighted by Gasteiger charge is -2.08. The van der Waals surface area contributed by atoms with Gasteiger partial charge in [-0.1, -0.05) is 12.1 Å². The molecule has 0 aliphatic carbocycles. The van der Waals surface area contributed by atoms with Crippen molar-refractivity contribution in [2.75, 3.05) is 0 Å². The van der Waals surface area contributed by atoms with Gasteiger partial charge in [0.15, 0.2) is 0 Å². The Labute approximate surface area is 112 Å². The van der Waals surface area contributed by atoms with Gasteiger partial charge in [-0.2, -0.15) is 0 Å². The number of nitrogens with zero attached hydrogens (tertiary/aromatic N) is 1. The fraction of sp³-hybridized carbons (Fsp3) is 0.154. The molecule has 2 rings (SSSR count). The summed E-state index contributed by atoms with van der Waals surface area (Å²) < 4.78 is 27.8. The van der Waals surface area contributed by atoms with E-state index >= 15 is 0 Å². The van der Waals surface area contributed by atoms with Crippen LogP contribution < -0.4 is 9.88 Å². The molecular formula is C13H14N2O3S. The minimum Gasteiger partial charge on any atom is -0.439 e. The maximum absolute atomic E-state index is 11.1. The van der Waals surface area contributed by atoms with Gasteiger partial charge in [-0.15, -0.1) is 0 Å². The molecule has 0 unspecified atom stereocenters. The Bertz CT molecular complexity index is 694. The highest BCUT2D eigenvalue weighted by atomic mass is 32.2. The summed E-state index contributed by atoms with van der Waals surface area (Å²) >= 11 is 0. The molecule has 0 spiro atoms. The summed E-state index contributed by atoms with van der Waals surface area (Å²) in [5, 5.41) is 4.99. The maximum atomic E-state index is 11.1. The highest BCUT2D eigenvalue weighted by Crippen LogP contribution is 2.24. The van der Waals surface area contributed by atoms with Gasteiger partial charge in [0.2, 0.25) is 15.9 Å². The van der Waals surface area contributed by atoms with Crippen LogP contribution in [-0.2, 0) is 10.0 Å². The van der Waals surface area contributed by atoms with Crippen LogP contribution >= 0.6 is 0 Å². The molecule has 0 atom stereocenters. The predicted molar refractivity (Wildman–Crippen MR) is 71.6 cm³/mol. The Morgan fingerprint density at radius 1 is 1.16 bits per heavy atom. The summed E-state index contributed by atoms with van der Waals surface area (Å²) in [5.41, 5.74) is 2.05. The van der Waals surface area contributed by atoms with Crippen molar-refractivity contribution in [2.45, 2.75) is 18.7 Å². The van der Waals surface area contributed by atoms with Crippen LogP contribution in [0.3, 0.4) is 0 Å². The number of hydrogen-bond acceptors (Lipinski definition) is 4. The zero-order chi connectivity index (χ0) is 14.0. The van der Waals surface area contributed by atoms with E-state index in [9.17, 15) is 8.42 Å². The molecule has 0 aliphatic rings. The first kappa shape index (κ1) is 13.5. The maximum Gasteiger partial charge on any atom is 0.239 e. The number of ether oxygens (including phenoxy) is 1. The van der Waals surface area contributed by atoms with Gasteiger partial charge in [0, 0.05) is 6.07 Å². The smallest absolute Gasteiger partial charge is 0.239 e. The number of sulfonamides is 1. The number of primary sulfonamides is 1. The van der Waals surface area contributed by atoms with E-state index in [1.807, 2.05) is 32.0 Å². The average molecular weight is 278 g/mol. The first-order valence-corrected chi connectivity index (χ1v) is 7.15. The minimum absolute atomic E-state index is 0.0409. The molecule has 5 nitrogen and oxygen atoms in total. The van der Waals surface area contributed by atoms with E-state index in [2.05, 4.69) is 4.98 Å². The van der Waals surface area contributed by atoms with Crippen molar-refractivity contribution < 1.29 is 13.2 Å². The standard InChI is InChI=1S/C13H14N2O3S/c1-9-3-4-10(2)12(7-9)18-13-6-5-11(8-15-13)19(14,16)17/h3-8H,1-2H3,(H2,14,16,17). The van der Waals surface area contributed by atoms with Crippen molar-refractivity contribution in [1.82, 2.24) is 4.98 Å². The van der Waals surface area contributed by atoms with E-state index in [0.29, 0.717) is 11.6 Å². The second-order valence-corrected chi connectivity index (χ2v) is 5.81. The van der Waals surface area contributed by atoms with E-state index in [-0.39, 0.29) is 4.90 Å². The van der Waals surface area contributed by atoms with E-state index in [1.54, 1.807) is 0 Å². The molecule has 0 fully saturated rings. The Kier molecular flexibility index (Phi) is 3.55. The molecule has 0 bridgehead atoms. The monoisotopic (exact) mass is 278 g/mol. The van der Waals surface area contributed by atoms with Crippen LogP contribution in [0.2, 0.25) is 0 Å². The Morgan fingerprint density at radius 3 is 2.47 bits per heavy atom. The highest BCUT2D eigenvalue weighted by molar-refractivity contribution is 7.89. The van der Waals surface area contributed by atoms with Crippen molar-refractivity contribution in [3.8, 4) is 11.6 Å². The topological polar surface area (TPSA) is 82.3 Å². The van der Waals surface area contributed by atoms with Crippen LogP contribution in [0.1, 0.15) is 11.1 Å². The summed E-state index contributed by atoms with van der Waals surface area (Å²) in [4.78, 5) is 3.89. The SMILES string of the molecule is Cc1ccc(C)c(Oc2ccc(S(N)(=O)=O)cn2)c1. The summed E-state index contributed by atoms with van der Waals surface area (Å²) in [6.07, 6.45) is 1.18. The Hall–Kier alpha value is -1.92. The summed E-state index contributed by atoms with van der Waals surface area (Å²) in [5.74, 6) is 1.01. The van der Waals surface area contributed by atoms with Crippen molar-refractivity contribution in [1.29, 1.82) is 0 Å². The van der Waals surface area contributed by atoms with Gasteiger partial charge < -0.3 is 4.74 Å². The summed E-state index contributed by atoms with van der Waals surface area (Å²) in [6, 6.07) is 8.66. The molecule has 0 amide bonds. The van der Waals surface area contributed by atoms with Gasteiger partial charge in [0.1, 0.15) is 10.6 Å². The second-order valence-electron chi connectivity index (χ2n) is 4.25. The van der Waals surface area contributed by atoms with Crippen molar-refractivity contribution in [3.05, 3.63) is 47.7 Å². The molecular weight excluding hydrogens is 264 g/mol. The minimum atomic E-state index is -3.73. The third-order valence-corrected chi connectivity index (χ3v) is 3.49. The van der Waals surface area contributed by atoms with Crippen LogP contribution in [-0.4, -0.2) is 13.4 Å². The van der Waals surface area contributed by atoms with Crippen LogP contribution in [0.4, 0.5) is 0 Å². The number of pyridine rings is 1. The molecule has 1 heterocycles. The zero-order valence-electron chi connectivity index (χ0n) is 10.6. The quantitative estimate of drug-likeness (QED) is 0.932. The van der Waals surface area contributed by atoms with Crippen LogP contribution in [0, 0.1) is 13.8 Å². The molecule has 1 aromatic carbocycles. The molecule has 0 radical (unpaired) electrons. The molecule has 100 valence electrons. The molecule has 0 aliphatic heterocycles. The first-order chi connectivity index (χ1) is 8.86. The average Bonchev–Trinajstić information content (AvgIpc) is 2.33. The highest BCUT2D eigenvalue weighted by Gasteiger charge is 2.09. The third-order valence-electron chi connectivity index (χ3n) is 2.60. The van der Waals surface area contributed by atoms with Gasteiger partial charge in [0.25, 0.3) is 0 Å². The lowest BCUT2D eigenvalue weighted by Crippen LogP contribution is -2.12. The summed E-state index contributed by atoms with van der Waals surface area (Å²) in [6.45, 7) is 3.89. The van der Waals surface area contributed by atoms with Crippen molar-refractivity contribution in [3.63, 3.8) is 0 Å². The normalized spacial score (nSPS) is 11.3. The van der Waals surface area contributed by atoms with Gasteiger partial charge >= 0.3 is 0 Å². The third kappa shape index (κ3) is 3.30. The molecule has 2 aromatic rings. The van der Waals surface area contributed by atoms with Crippen LogP contribution in [0.5, 0.6) is 11.6 Å². The number of aromatic nitrogens is 1. The number of benzene rings is 1. The fourth-order valence-electron chi connectivity index (χ4n) is 1.53. The van der Waals surface area contributed by atoms with Gasteiger partial charge in [-0.3, -0.25) is 0 Å². The van der Waals surface area contributed by atoms with Gasteiger partial charge in [-0.25, -0.2) is 18.5 Å². The molecule has 6 heteroatoms. The van der Waals surface area contributed by atoms with Crippen LogP contribution in [0.15, 0.2) is 41.4 Å². The van der Waals surface area contributed by atoms with E-state index in [4.69, 9.17) is 9.88 Å². The van der Waals surface area contributed by atoms with Gasteiger partial charge in [0.05, 0.1) is 6.20 Å². The molecule has 2 N–H and O–H groups in total. The lowest BCUT2D eigenvalue weighted by atomic mass is 10.1. The first-order valence-electron chi connectivity index (χ1n) is 5.60. The van der Waals surface area contributed by atoms with Crippen molar-refractivity contribution >= 4 is 10.0 Å². The predicted octanol–water partition coefficient (Wildman–Crippen LogP) is 2.14. The fourth-order valence-corrected chi connectivity index (χ4v) is 1.98. The number of nitrogens with two attached hydrogens (primary N) is 1. The van der Waals surface area contributed by atoms with E-state index < -0.39 is 10.0 Å². The Morgan fingerprint density at radius 2 is 1.89 bits per heavy atom. The molecule has 0 saturated carbocycles. The number of hydrogen-bond donors (Lipinski definition) is 1. The zero-order valence-corrected chi connectivity index (χ0v) is 11.4. The number of rotatable bonds is 3. The second kappa shape index (κ2) is 4.99. The number of aryl methyl sites for hydroxylation is 2. The lowest BCUT2D eigenvalue weighted by molar-refractivity contribution is 0.458. The largest absolute Gasteiger partial charge is 0.439 e. The van der Waals surface area contributed by atoms with Gasteiger partial charge in [-0.05, 0) is 37.1 Å².